The minimum atomic E-state index is 0. The van der Waals surface area contributed by atoms with E-state index in [1.165, 1.54) is 11.1 Å². The van der Waals surface area contributed by atoms with Gasteiger partial charge in [0.2, 0.25) is 0 Å². The van der Waals surface area contributed by atoms with Crippen molar-refractivity contribution < 1.29 is 2.85 Å². The van der Waals surface area contributed by atoms with E-state index in [2.05, 4.69) is 56.5 Å². The van der Waals surface area contributed by atoms with Crippen LogP contribution < -0.4 is 10.6 Å². The molecule has 0 aliphatic carbocycles. The third-order valence-electron chi connectivity index (χ3n) is 2.05. The number of nitrogens with one attached hydrogen (secondary N) is 2. The van der Waals surface area contributed by atoms with Gasteiger partial charge in [0.25, 0.3) is 0 Å². The van der Waals surface area contributed by atoms with Crippen LogP contribution in [0.2, 0.25) is 0 Å². The van der Waals surface area contributed by atoms with Crippen molar-refractivity contribution in [2.45, 2.75) is 33.7 Å². The lowest BCUT2D eigenvalue weighted by molar-refractivity contribution is 0.739. The van der Waals surface area contributed by atoms with Crippen LogP contribution in [-0.2, 0) is 0 Å². The fraction of sp³-hybridized carbons (Fsp3) is 0.417. The fourth-order valence-corrected chi connectivity index (χ4v) is 1.72. The van der Waals surface area contributed by atoms with Gasteiger partial charge in [-0.25, -0.2) is 0 Å². The van der Waals surface area contributed by atoms with Crippen molar-refractivity contribution >= 4 is 23.0 Å². The van der Waals surface area contributed by atoms with Crippen LogP contribution in [0.25, 0.3) is 0 Å². The van der Waals surface area contributed by atoms with Gasteiger partial charge in [0, 0.05) is 14.6 Å². The first kappa shape index (κ1) is 12.0. The molecule has 2 nitrogen and oxygen atoms in total. The maximum atomic E-state index is 5.18. The first-order chi connectivity index (χ1) is 6.99. The van der Waals surface area contributed by atoms with E-state index in [0.717, 1.165) is 5.69 Å². The molecule has 0 aliphatic rings. The number of benzene rings is 1. The zero-order valence-electron chi connectivity index (χ0n) is 9.72. The number of thiocarbonyl (C=S) groups is 1. The summed E-state index contributed by atoms with van der Waals surface area (Å²) in [7, 11) is 0. The Bertz CT molecular complexity index is 368. The highest BCUT2D eigenvalue weighted by molar-refractivity contribution is 7.80. The molecule has 3 heteroatoms. The van der Waals surface area contributed by atoms with Gasteiger partial charge < -0.3 is 10.6 Å². The summed E-state index contributed by atoms with van der Waals surface area (Å²) in [5, 5.41) is 7.02. The first-order valence-electron chi connectivity index (χ1n) is 5.14. The van der Waals surface area contributed by atoms with Gasteiger partial charge >= 0.3 is 0 Å². The highest BCUT2D eigenvalue weighted by atomic mass is 32.1. The van der Waals surface area contributed by atoms with Gasteiger partial charge in [0.15, 0.2) is 5.11 Å². The summed E-state index contributed by atoms with van der Waals surface area (Å²) in [6.07, 6.45) is 0. The second-order valence-electron chi connectivity index (χ2n) is 4.07. The number of anilines is 1. The van der Waals surface area contributed by atoms with Crippen LogP contribution in [0.15, 0.2) is 18.2 Å². The molecule has 0 bridgehead atoms. The summed E-state index contributed by atoms with van der Waals surface area (Å²) in [5.41, 5.74) is 3.54. The van der Waals surface area contributed by atoms with Crippen molar-refractivity contribution in [1.82, 2.24) is 5.32 Å². The Balaban J connectivity index is 0. The molecule has 0 spiro atoms. The van der Waals surface area contributed by atoms with E-state index in [-0.39, 0.29) is 2.85 Å². The average Bonchev–Trinajstić information content (AvgIpc) is 2.08. The first-order valence-corrected chi connectivity index (χ1v) is 5.54. The minimum absolute atomic E-state index is 0. The maximum absolute atomic E-state index is 5.18. The zero-order chi connectivity index (χ0) is 11.4. The predicted molar refractivity (Wildman–Crippen MR) is 74.6 cm³/mol. The summed E-state index contributed by atoms with van der Waals surface area (Å²) >= 11 is 5.18. The lowest BCUT2D eigenvalue weighted by Crippen LogP contribution is -2.34. The Kier molecular flexibility index (Phi) is 4.09. The molecule has 1 rings (SSSR count). The second kappa shape index (κ2) is 5.12. The molecule has 15 heavy (non-hydrogen) atoms. The summed E-state index contributed by atoms with van der Waals surface area (Å²) in [6, 6.07) is 6.63. The number of hydrogen-bond donors (Lipinski definition) is 2. The maximum Gasteiger partial charge on any atom is 0.170 e. The molecule has 0 fully saturated rings. The lowest BCUT2D eigenvalue weighted by atomic mass is 10.1. The summed E-state index contributed by atoms with van der Waals surface area (Å²) in [6.45, 7) is 8.29. The smallest absolute Gasteiger partial charge is 0.170 e. The molecule has 2 N–H and O–H groups in total. The van der Waals surface area contributed by atoms with Crippen molar-refractivity contribution in [3.8, 4) is 0 Å². The van der Waals surface area contributed by atoms with E-state index < -0.39 is 0 Å². The van der Waals surface area contributed by atoms with Crippen LogP contribution in [0.4, 0.5) is 5.69 Å². The third-order valence-corrected chi connectivity index (χ3v) is 2.27. The van der Waals surface area contributed by atoms with Crippen molar-refractivity contribution in [2.24, 2.45) is 0 Å². The number of hydrogen-bond acceptors (Lipinski definition) is 1. The molecule has 0 saturated carbocycles. The lowest BCUT2D eigenvalue weighted by Gasteiger charge is -2.14. The Labute approximate surface area is 100 Å². The molecule has 0 heterocycles. The molecular weight excluding hydrogens is 204 g/mol. The predicted octanol–water partition coefficient (Wildman–Crippen LogP) is 3.49. The zero-order valence-corrected chi connectivity index (χ0v) is 10.5. The highest BCUT2D eigenvalue weighted by Gasteiger charge is 2.01. The van der Waals surface area contributed by atoms with Crippen LogP contribution in [-0.4, -0.2) is 11.2 Å². The second-order valence-corrected chi connectivity index (χ2v) is 4.48. The van der Waals surface area contributed by atoms with E-state index >= 15 is 0 Å². The molecule has 0 aliphatic heterocycles. The van der Waals surface area contributed by atoms with Gasteiger partial charge in [0.05, 0.1) is 0 Å². The molecular formula is C12H22N2S. The average molecular weight is 226 g/mol. The molecule has 0 amide bonds. The largest absolute Gasteiger partial charge is 0.360 e. The van der Waals surface area contributed by atoms with Crippen LogP contribution in [0.3, 0.4) is 0 Å². The molecule has 1 aromatic carbocycles. The summed E-state index contributed by atoms with van der Waals surface area (Å²) in [4.78, 5) is 0. The number of rotatable bonds is 2. The van der Waals surface area contributed by atoms with Gasteiger partial charge in [0.1, 0.15) is 0 Å². The van der Waals surface area contributed by atoms with Gasteiger partial charge in [-0.2, -0.15) is 0 Å². The Morgan fingerprint density at radius 2 is 2.00 bits per heavy atom. The standard InChI is InChI=1S/C12H18N2S.2H2/c1-8(2)13-12(15)14-11-6-5-9(3)7-10(11)4;;/h5-8H,1-4H3,(H2,13,14,15);2*1H. The molecule has 0 saturated heterocycles. The van der Waals surface area contributed by atoms with Gasteiger partial charge in [-0.05, 0) is 51.5 Å². The van der Waals surface area contributed by atoms with Crippen molar-refractivity contribution in [1.29, 1.82) is 0 Å². The van der Waals surface area contributed by atoms with Crippen LogP contribution in [0.1, 0.15) is 27.8 Å². The monoisotopic (exact) mass is 226 g/mol. The SMILES string of the molecule is Cc1ccc(NC(=S)NC(C)C)c(C)c1.[HH].[HH]. The molecule has 1 aromatic rings. The van der Waals surface area contributed by atoms with E-state index in [1.807, 2.05) is 0 Å². The van der Waals surface area contributed by atoms with E-state index in [0.29, 0.717) is 11.2 Å². The van der Waals surface area contributed by atoms with Crippen LogP contribution >= 0.6 is 12.2 Å². The van der Waals surface area contributed by atoms with Gasteiger partial charge in [-0.1, -0.05) is 17.7 Å². The Morgan fingerprint density at radius 1 is 1.33 bits per heavy atom. The Hall–Kier alpha value is -1.09. The molecule has 86 valence electrons. The summed E-state index contributed by atoms with van der Waals surface area (Å²) in [5.74, 6) is 0. The topological polar surface area (TPSA) is 24.1 Å². The normalized spacial score (nSPS) is 10.2. The van der Waals surface area contributed by atoms with Gasteiger partial charge in [-0.3, -0.25) is 0 Å². The molecule has 0 unspecified atom stereocenters. The minimum Gasteiger partial charge on any atom is -0.360 e. The summed E-state index contributed by atoms with van der Waals surface area (Å²) < 4.78 is 0. The van der Waals surface area contributed by atoms with Gasteiger partial charge in [-0.15, -0.1) is 0 Å². The Morgan fingerprint density at radius 3 is 2.53 bits per heavy atom. The van der Waals surface area contributed by atoms with Crippen LogP contribution in [0.5, 0.6) is 0 Å². The van der Waals surface area contributed by atoms with Crippen molar-refractivity contribution in [3.63, 3.8) is 0 Å². The number of aryl methyl sites for hydroxylation is 2. The van der Waals surface area contributed by atoms with E-state index in [4.69, 9.17) is 12.2 Å². The highest BCUT2D eigenvalue weighted by Crippen LogP contribution is 2.15. The quantitative estimate of drug-likeness (QED) is 0.755. The molecule has 0 aromatic heterocycles. The van der Waals surface area contributed by atoms with Crippen molar-refractivity contribution in [3.05, 3.63) is 29.3 Å². The molecule has 0 radical (unpaired) electrons. The van der Waals surface area contributed by atoms with Crippen LogP contribution in [0, 0.1) is 13.8 Å². The van der Waals surface area contributed by atoms with E-state index in [1.54, 1.807) is 0 Å². The third kappa shape index (κ3) is 3.88. The molecule has 0 atom stereocenters. The van der Waals surface area contributed by atoms with E-state index in [9.17, 15) is 0 Å². The fourth-order valence-electron chi connectivity index (χ4n) is 1.37. The van der Waals surface area contributed by atoms with Crippen molar-refractivity contribution in [2.75, 3.05) is 5.32 Å².